The Kier molecular flexibility index (Phi) is 3.15. The van der Waals surface area contributed by atoms with Gasteiger partial charge in [0.25, 0.3) is 0 Å². The van der Waals surface area contributed by atoms with Gasteiger partial charge in [0.15, 0.2) is 0 Å². The maximum absolute atomic E-state index is 12.0. The highest BCUT2D eigenvalue weighted by Crippen LogP contribution is 2.19. The van der Waals surface area contributed by atoms with Gasteiger partial charge in [0.05, 0.1) is 18.4 Å². The van der Waals surface area contributed by atoms with Crippen LogP contribution in [0.3, 0.4) is 0 Å². The Morgan fingerprint density at radius 3 is 3.00 bits per heavy atom. The monoisotopic (exact) mass is 246 g/mol. The van der Waals surface area contributed by atoms with Crippen molar-refractivity contribution in [2.24, 2.45) is 0 Å². The van der Waals surface area contributed by atoms with E-state index in [1.54, 1.807) is 12.3 Å². The molecule has 1 fully saturated rings. The normalized spacial score (nSPS) is 19.9. The summed E-state index contributed by atoms with van der Waals surface area (Å²) in [4.78, 5) is 16.2. The van der Waals surface area contributed by atoms with Gasteiger partial charge in [-0.3, -0.25) is 14.8 Å². The highest BCUT2D eigenvalue weighted by Gasteiger charge is 2.23. The van der Waals surface area contributed by atoms with Crippen molar-refractivity contribution < 1.29 is 4.79 Å². The topological polar surface area (TPSA) is 52.2 Å². The van der Waals surface area contributed by atoms with Gasteiger partial charge in [0.2, 0.25) is 5.91 Å². The van der Waals surface area contributed by atoms with Gasteiger partial charge in [0, 0.05) is 24.7 Å². The molecule has 0 unspecified atom stereocenters. The van der Waals surface area contributed by atoms with E-state index in [1.807, 2.05) is 11.0 Å². The second-order valence-corrected chi connectivity index (χ2v) is 4.98. The molecule has 96 valence electrons. The Morgan fingerprint density at radius 1 is 1.39 bits per heavy atom. The van der Waals surface area contributed by atoms with E-state index in [0.717, 1.165) is 17.8 Å². The number of likely N-dealkylation sites (tertiary alicyclic amines) is 1. The summed E-state index contributed by atoms with van der Waals surface area (Å²) < 4.78 is 0. The van der Waals surface area contributed by atoms with Crippen molar-refractivity contribution >= 4 is 5.91 Å². The smallest absolute Gasteiger partial charge is 0.246 e. The average molecular weight is 246 g/mol. The number of aromatic amines is 1. The van der Waals surface area contributed by atoms with E-state index in [-0.39, 0.29) is 5.91 Å². The van der Waals surface area contributed by atoms with Gasteiger partial charge >= 0.3 is 0 Å². The van der Waals surface area contributed by atoms with Crippen molar-refractivity contribution in [3.05, 3.63) is 29.6 Å². The van der Waals surface area contributed by atoms with Gasteiger partial charge in [0.1, 0.15) is 0 Å². The molecular weight excluding hydrogens is 228 g/mol. The highest BCUT2D eigenvalue weighted by molar-refractivity contribution is 5.87. The molecule has 0 spiro atoms. The lowest BCUT2D eigenvalue weighted by atomic mass is 10.3. The molecule has 0 aliphatic carbocycles. The van der Waals surface area contributed by atoms with Crippen molar-refractivity contribution in [1.29, 1.82) is 0 Å². The van der Waals surface area contributed by atoms with Crippen LogP contribution in [0.5, 0.6) is 0 Å². The SMILES string of the molecule is O=C(/C=C/CN1CCCC1)N1Cc2cn[nH]c2C1. The minimum atomic E-state index is 0.0961. The summed E-state index contributed by atoms with van der Waals surface area (Å²) in [6.45, 7) is 4.56. The molecule has 3 rings (SSSR count). The van der Waals surface area contributed by atoms with Gasteiger partial charge in [-0.25, -0.2) is 0 Å². The predicted octanol–water partition coefficient (Wildman–Crippen LogP) is 0.904. The lowest BCUT2D eigenvalue weighted by molar-refractivity contribution is -0.126. The molecule has 1 aromatic rings. The van der Waals surface area contributed by atoms with Crippen molar-refractivity contribution in [3.63, 3.8) is 0 Å². The Hall–Kier alpha value is -1.62. The molecule has 3 heterocycles. The fraction of sp³-hybridized carbons (Fsp3) is 0.538. The van der Waals surface area contributed by atoms with Gasteiger partial charge in [-0.2, -0.15) is 5.10 Å². The summed E-state index contributed by atoms with van der Waals surface area (Å²) in [5.41, 5.74) is 2.20. The van der Waals surface area contributed by atoms with Gasteiger partial charge in [-0.05, 0) is 25.9 Å². The van der Waals surface area contributed by atoms with Crippen LogP contribution in [0.4, 0.5) is 0 Å². The van der Waals surface area contributed by atoms with Gasteiger partial charge < -0.3 is 4.90 Å². The van der Waals surface area contributed by atoms with Crippen LogP contribution in [0, 0.1) is 0 Å². The largest absolute Gasteiger partial charge is 0.329 e. The van der Waals surface area contributed by atoms with Crippen LogP contribution in [0.25, 0.3) is 0 Å². The third-order valence-corrected chi connectivity index (χ3v) is 3.65. The lowest BCUT2D eigenvalue weighted by Crippen LogP contribution is -2.24. The number of fused-ring (bicyclic) bond motifs is 1. The van der Waals surface area contributed by atoms with E-state index in [0.29, 0.717) is 13.1 Å². The number of nitrogens with one attached hydrogen (secondary N) is 1. The van der Waals surface area contributed by atoms with Gasteiger partial charge in [-0.1, -0.05) is 6.08 Å². The van der Waals surface area contributed by atoms with E-state index < -0.39 is 0 Å². The van der Waals surface area contributed by atoms with Crippen LogP contribution in [0.1, 0.15) is 24.1 Å². The first-order valence-electron chi connectivity index (χ1n) is 6.52. The molecular formula is C13H18N4O. The van der Waals surface area contributed by atoms with Crippen LogP contribution in [-0.2, 0) is 17.9 Å². The van der Waals surface area contributed by atoms with E-state index >= 15 is 0 Å². The number of rotatable bonds is 3. The predicted molar refractivity (Wildman–Crippen MR) is 67.7 cm³/mol. The first kappa shape index (κ1) is 11.5. The van der Waals surface area contributed by atoms with E-state index in [4.69, 9.17) is 0 Å². The lowest BCUT2D eigenvalue weighted by Gasteiger charge is -2.13. The number of hydrogen-bond donors (Lipinski definition) is 1. The molecule has 1 aromatic heterocycles. The van der Waals surface area contributed by atoms with Crippen molar-refractivity contribution in [2.45, 2.75) is 25.9 Å². The second-order valence-electron chi connectivity index (χ2n) is 4.98. The molecule has 2 aliphatic heterocycles. The average Bonchev–Trinajstić information content (AvgIpc) is 3.04. The third-order valence-electron chi connectivity index (χ3n) is 3.65. The molecule has 1 N–H and O–H groups in total. The summed E-state index contributed by atoms with van der Waals surface area (Å²) >= 11 is 0. The fourth-order valence-electron chi connectivity index (χ4n) is 2.59. The van der Waals surface area contributed by atoms with Crippen LogP contribution in [0.2, 0.25) is 0 Å². The summed E-state index contributed by atoms with van der Waals surface area (Å²) in [6.07, 6.45) is 8.07. The maximum Gasteiger partial charge on any atom is 0.246 e. The second kappa shape index (κ2) is 4.94. The number of amides is 1. The number of aromatic nitrogens is 2. The Balaban J connectivity index is 1.50. The zero-order chi connectivity index (χ0) is 12.4. The zero-order valence-corrected chi connectivity index (χ0v) is 10.4. The Bertz CT molecular complexity index is 439. The first-order chi connectivity index (χ1) is 8.83. The Morgan fingerprint density at radius 2 is 2.22 bits per heavy atom. The molecule has 5 heteroatoms. The standard InChI is InChI=1S/C13H18N4O/c18-13(4-3-7-16-5-1-2-6-16)17-9-11-8-14-15-12(11)10-17/h3-4,8H,1-2,5-7,9-10H2,(H,14,15)/b4-3+. The summed E-state index contributed by atoms with van der Waals surface area (Å²) in [5, 5.41) is 6.89. The molecule has 1 saturated heterocycles. The van der Waals surface area contributed by atoms with Crippen LogP contribution < -0.4 is 0 Å². The molecule has 0 radical (unpaired) electrons. The number of H-pyrrole nitrogens is 1. The van der Waals surface area contributed by atoms with Crippen molar-refractivity contribution in [1.82, 2.24) is 20.0 Å². The molecule has 18 heavy (non-hydrogen) atoms. The molecule has 5 nitrogen and oxygen atoms in total. The fourth-order valence-corrected chi connectivity index (χ4v) is 2.59. The minimum Gasteiger partial charge on any atom is -0.329 e. The van der Waals surface area contributed by atoms with E-state index in [1.165, 1.54) is 25.9 Å². The van der Waals surface area contributed by atoms with Crippen LogP contribution in [0.15, 0.2) is 18.3 Å². The third kappa shape index (κ3) is 2.31. The maximum atomic E-state index is 12.0. The van der Waals surface area contributed by atoms with Crippen molar-refractivity contribution in [3.8, 4) is 0 Å². The molecule has 0 saturated carbocycles. The number of hydrogen-bond acceptors (Lipinski definition) is 3. The number of nitrogens with zero attached hydrogens (tertiary/aromatic N) is 3. The zero-order valence-electron chi connectivity index (χ0n) is 10.4. The van der Waals surface area contributed by atoms with Crippen LogP contribution in [-0.4, -0.2) is 45.5 Å². The number of carbonyl (C=O) groups excluding carboxylic acids is 1. The molecule has 0 bridgehead atoms. The highest BCUT2D eigenvalue weighted by atomic mass is 16.2. The quantitative estimate of drug-likeness (QED) is 0.806. The van der Waals surface area contributed by atoms with E-state index in [9.17, 15) is 4.79 Å². The molecule has 1 amide bonds. The first-order valence-corrected chi connectivity index (χ1v) is 6.52. The van der Waals surface area contributed by atoms with Gasteiger partial charge in [-0.15, -0.1) is 0 Å². The summed E-state index contributed by atoms with van der Waals surface area (Å²) in [6, 6.07) is 0. The summed E-state index contributed by atoms with van der Waals surface area (Å²) in [7, 11) is 0. The molecule has 0 aromatic carbocycles. The minimum absolute atomic E-state index is 0.0961. The Labute approximate surface area is 106 Å². The molecule has 2 aliphatic rings. The summed E-state index contributed by atoms with van der Waals surface area (Å²) in [5.74, 6) is 0.0961. The molecule has 0 atom stereocenters. The van der Waals surface area contributed by atoms with E-state index in [2.05, 4.69) is 15.1 Å². The van der Waals surface area contributed by atoms with Crippen molar-refractivity contribution in [2.75, 3.05) is 19.6 Å². The van der Waals surface area contributed by atoms with Crippen LogP contribution >= 0.6 is 0 Å². The number of carbonyl (C=O) groups is 1.